The Labute approximate surface area is 195 Å². The highest BCUT2D eigenvalue weighted by Gasteiger charge is 2.27. The molecule has 2 aromatic carbocycles. The van der Waals surface area contributed by atoms with E-state index >= 15 is 0 Å². The lowest BCUT2D eigenvalue weighted by Gasteiger charge is -2.24. The van der Waals surface area contributed by atoms with Gasteiger partial charge in [-0.05, 0) is 37.6 Å². The van der Waals surface area contributed by atoms with Crippen molar-refractivity contribution < 1.29 is 14.2 Å². The van der Waals surface area contributed by atoms with Crippen molar-refractivity contribution >= 4 is 11.8 Å². The monoisotopic (exact) mass is 459 g/mol. The Hall–Kier alpha value is -3.29. The molecule has 33 heavy (non-hydrogen) atoms. The van der Waals surface area contributed by atoms with Gasteiger partial charge in [-0.3, -0.25) is 4.98 Å². The van der Waals surface area contributed by atoms with Gasteiger partial charge in [0.25, 0.3) is 0 Å². The van der Waals surface area contributed by atoms with Gasteiger partial charge < -0.3 is 9.84 Å². The fourth-order valence-corrected chi connectivity index (χ4v) is 4.84. The molecule has 0 saturated carbocycles. The molecule has 0 unspecified atom stereocenters. The summed E-state index contributed by atoms with van der Waals surface area (Å²) in [5.41, 5.74) is 6.31. The van der Waals surface area contributed by atoms with Crippen molar-refractivity contribution in [1.29, 1.82) is 0 Å². The molecular formula is C26H22FN3O2S. The normalized spacial score (nSPS) is 12.1. The smallest absolute Gasteiger partial charge is 0.227 e. The number of thioether (sulfide) groups is 1. The van der Waals surface area contributed by atoms with Crippen molar-refractivity contribution in [3.63, 3.8) is 0 Å². The first-order valence-corrected chi connectivity index (χ1v) is 11.6. The molecule has 0 amide bonds. The van der Waals surface area contributed by atoms with Crippen LogP contribution in [-0.2, 0) is 18.8 Å². The minimum Gasteiger partial charge on any atom is -0.436 e. The molecular weight excluding hydrogens is 437 g/mol. The van der Waals surface area contributed by atoms with Gasteiger partial charge in [0.1, 0.15) is 10.8 Å². The lowest BCUT2D eigenvalue weighted by molar-refractivity contribution is 0.278. The van der Waals surface area contributed by atoms with Crippen LogP contribution in [0.3, 0.4) is 0 Å². The van der Waals surface area contributed by atoms with E-state index in [-0.39, 0.29) is 12.4 Å². The largest absolute Gasteiger partial charge is 0.436 e. The fourth-order valence-electron chi connectivity index (χ4n) is 3.86. The molecule has 166 valence electrons. The zero-order valence-electron chi connectivity index (χ0n) is 18.3. The number of pyridine rings is 1. The summed E-state index contributed by atoms with van der Waals surface area (Å²) in [4.78, 5) is 14.0. The van der Waals surface area contributed by atoms with Gasteiger partial charge in [-0.25, -0.2) is 9.37 Å². The molecule has 0 radical (unpaired) electrons. The van der Waals surface area contributed by atoms with Crippen LogP contribution >= 0.6 is 11.8 Å². The Morgan fingerprint density at radius 2 is 1.88 bits per heavy atom. The molecule has 1 N–H and O–H groups in total. The van der Waals surface area contributed by atoms with Gasteiger partial charge in [0.2, 0.25) is 5.88 Å². The number of rotatable bonds is 5. The van der Waals surface area contributed by atoms with E-state index < -0.39 is 0 Å². The maximum Gasteiger partial charge on any atom is 0.227 e. The third-order valence-corrected chi connectivity index (χ3v) is 6.71. The van der Waals surface area contributed by atoms with E-state index in [1.165, 1.54) is 12.1 Å². The van der Waals surface area contributed by atoms with Crippen molar-refractivity contribution in [3.05, 3.63) is 94.1 Å². The van der Waals surface area contributed by atoms with Crippen molar-refractivity contribution in [2.24, 2.45) is 0 Å². The van der Waals surface area contributed by atoms with Crippen LogP contribution < -0.4 is 4.74 Å². The summed E-state index contributed by atoms with van der Waals surface area (Å²) in [7, 11) is 0. The number of aliphatic hydroxyl groups is 1. The van der Waals surface area contributed by atoms with Gasteiger partial charge >= 0.3 is 0 Å². The Morgan fingerprint density at radius 3 is 2.64 bits per heavy atom. The third kappa shape index (κ3) is 4.34. The quantitative estimate of drug-likeness (QED) is 0.266. The molecule has 0 saturated heterocycles. The molecule has 0 spiro atoms. The number of hydrogen-bond acceptors (Lipinski definition) is 6. The van der Waals surface area contributed by atoms with Gasteiger partial charge in [-0.2, -0.15) is 4.98 Å². The Bertz CT molecular complexity index is 1340. The SMILES string of the molecule is Cc1cccc(-c2nc3c(c(SCc4ccc(F)cc4)n2)Cc2c(CO)cnc(C)c2O3)c1. The van der Waals surface area contributed by atoms with Crippen molar-refractivity contribution in [2.75, 3.05) is 0 Å². The maximum absolute atomic E-state index is 13.3. The predicted octanol–water partition coefficient (Wildman–Crippen LogP) is 5.78. The van der Waals surface area contributed by atoms with Crippen molar-refractivity contribution in [1.82, 2.24) is 15.0 Å². The number of aromatic nitrogens is 3. The summed E-state index contributed by atoms with van der Waals surface area (Å²) in [6.07, 6.45) is 2.24. The van der Waals surface area contributed by atoms with E-state index in [9.17, 15) is 9.50 Å². The zero-order chi connectivity index (χ0) is 22.9. The number of halogens is 1. The number of hydrogen-bond donors (Lipinski definition) is 1. The number of nitrogens with zero attached hydrogens (tertiary/aromatic N) is 3. The summed E-state index contributed by atoms with van der Waals surface area (Å²) >= 11 is 1.57. The molecule has 5 nitrogen and oxygen atoms in total. The van der Waals surface area contributed by atoms with E-state index in [1.807, 2.05) is 38.1 Å². The van der Waals surface area contributed by atoms with Gasteiger partial charge in [-0.15, -0.1) is 11.8 Å². The molecule has 4 aromatic rings. The highest BCUT2D eigenvalue weighted by atomic mass is 32.2. The first-order chi connectivity index (χ1) is 16.0. The summed E-state index contributed by atoms with van der Waals surface area (Å²) in [5, 5.41) is 10.6. The minimum atomic E-state index is -0.254. The van der Waals surface area contributed by atoms with Gasteiger partial charge in [-0.1, -0.05) is 35.9 Å². The molecule has 1 aliphatic heterocycles. The molecule has 0 fully saturated rings. The van der Waals surface area contributed by atoms with E-state index in [2.05, 4.69) is 4.98 Å². The Kier molecular flexibility index (Phi) is 5.83. The molecule has 0 bridgehead atoms. The number of aliphatic hydroxyl groups excluding tert-OH is 1. The zero-order valence-corrected chi connectivity index (χ0v) is 19.1. The van der Waals surface area contributed by atoms with Crippen LogP contribution in [0.15, 0.2) is 59.8 Å². The summed E-state index contributed by atoms with van der Waals surface area (Å²) in [6.45, 7) is 3.80. The second kappa shape index (κ2) is 8.92. The maximum atomic E-state index is 13.3. The average Bonchev–Trinajstić information content (AvgIpc) is 2.83. The molecule has 2 aromatic heterocycles. The van der Waals surface area contributed by atoms with E-state index in [0.717, 1.165) is 44.1 Å². The Balaban J connectivity index is 1.59. The van der Waals surface area contributed by atoms with Gasteiger partial charge in [0, 0.05) is 35.1 Å². The second-order valence-corrected chi connectivity index (χ2v) is 9.00. The van der Waals surface area contributed by atoms with Crippen LogP contribution in [0.2, 0.25) is 0 Å². The first kappa shape index (κ1) is 21.6. The Morgan fingerprint density at radius 1 is 1.06 bits per heavy atom. The number of benzene rings is 2. The highest BCUT2D eigenvalue weighted by molar-refractivity contribution is 7.98. The topological polar surface area (TPSA) is 68.1 Å². The summed E-state index contributed by atoms with van der Waals surface area (Å²) < 4.78 is 19.6. The van der Waals surface area contributed by atoms with Crippen LogP contribution in [0, 0.1) is 19.7 Å². The van der Waals surface area contributed by atoms with Crippen LogP contribution in [0.4, 0.5) is 4.39 Å². The van der Waals surface area contributed by atoms with Crippen LogP contribution in [-0.4, -0.2) is 20.1 Å². The first-order valence-electron chi connectivity index (χ1n) is 10.6. The standard InChI is InChI=1S/C26H22FN3O2S/c1-15-4-3-5-18(10-15)24-29-25-22(11-21-19(13-31)12-28-16(2)23(21)32-25)26(30-24)33-14-17-6-8-20(27)9-7-17/h3-10,12,31H,11,13-14H2,1-2H3. The number of ether oxygens (including phenoxy) is 1. The van der Waals surface area contributed by atoms with Crippen LogP contribution in [0.1, 0.15) is 33.5 Å². The minimum absolute atomic E-state index is 0.116. The average molecular weight is 460 g/mol. The summed E-state index contributed by atoms with van der Waals surface area (Å²) in [5.74, 6) is 2.13. The molecule has 1 aliphatic rings. The van der Waals surface area contributed by atoms with E-state index in [1.54, 1.807) is 30.1 Å². The van der Waals surface area contributed by atoms with Crippen molar-refractivity contribution in [3.8, 4) is 23.0 Å². The van der Waals surface area contributed by atoms with Gasteiger partial charge in [0.15, 0.2) is 11.6 Å². The summed E-state index contributed by atoms with van der Waals surface area (Å²) in [6, 6.07) is 14.5. The highest BCUT2D eigenvalue weighted by Crippen LogP contribution is 2.43. The van der Waals surface area contributed by atoms with Crippen molar-refractivity contribution in [2.45, 2.75) is 37.7 Å². The van der Waals surface area contributed by atoms with E-state index in [4.69, 9.17) is 14.7 Å². The molecule has 7 heteroatoms. The van der Waals surface area contributed by atoms with Crippen LogP contribution in [0.25, 0.3) is 11.4 Å². The number of aryl methyl sites for hydroxylation is 2. The molecule has 5 rings (SSSR count). The lowest BCUT2D eigenvalue weighted by Crippen LogP contribution is -2.13. The second-order valence-electron chi connectivity index (χ2n) is 8.03. The van der Waals surface area contributed by atoms with Crippen LogP contribution in [0.5, 0.6) is 11.6 Å². The molecule has 3 heterocycles. The van der Waals surface area contributed by atoms with Gasteiger partial charge in [0.05, 0.1) is 17.9 Å². The third-order valence-electron chi connectivity index (χ3n) is 5.62. The predicted molar refractivity (Wildman–Crippen MR) is 126 cm³/mol. The fraction of sp³-hybridized carbons (Fsp3) is 0.192. The molecule has 0 aliphatic carbocycles. The molecule has 0 atom stereocenters. The lowest BCUT2D eigenvalue weighted by atomic mass is 9.99. The number of fused-ring (bicyclic) bond motifs is 2. The van der Waals surface area contributed by atoms with E-state index in [0.29, 0.717) is 29.6 Å².